The Morgan fingerprint density at radius 3 is 2.63 bits per heavy atom. The summed E-state index contributed by atoms with van der Waals surface area (Å²) >= 11 is 0. The SMILES string of the molecule is CCC(CC)N(C)c1cc2c(cc1N)NC(=O)CC2. The quantitative estimate of drug-likeness (QED) is 0.819. The fourth-order valence-corrected chi connectivity index (χ4v) is 2.77. The number of anilines is 3. The van der Waals surface area contributed by atoms with Crippen LogP contribution in [0.5, 0.6) is 0 Å². The summed E-state index contributed by atoms with van der Waals surface area (Å²) < 4.78 is 0. The van der Waals surface area contributed by atoms with Gasteiger partial charge in [-0.05, 0) is 37.0 Å². The average Bonchev–Trinajstić information content (AvgIpc) is 2.39. The Bertz CT molecular complexity index is 481. The number of benzene rings is 1. The van der Waals surface area contributed by atoms with Crippen LogP contribution in [0.2, 0.25) is 0 Å². The first kappa shape index (κ1) is 13.7. The Morgan fingerprint density at radius 1 is 1.32 bits per heavy atom. The van der Waals surface area contributed by atoms with Crippen molar-refractivity contribution in [2.45, 2.75) is 45.6 Å². The summed E-state index contributed by atoms with van der Waals surface area (Å²) in [5.41, 5.74) is 10.0. The minimum atomic E-state index is 0.0768. The third-order valence-corrected chi connectivity index (χ3v) is 4.02. The number of amides is 1. The Morgan fingerprint density at radius 2 is 2.00 bits per heavy atom. The molecular formula is C15H23N3O. The van der Waals surface area contributed by atoms with Crippen LogP contribution in [0.3, 0.4) is 0 Å². The number of rotatable bonds is 4. The summed E-state index contributed by atoms with van der Waals surface area (Å²) in [6.07, 6.45) is 3.55. The molecule has 104 valence electrons. The second-order valence-electron chi connectivity index (χ2n) is 5.20. The van der Waals surface area contributed by atoms with Crippen LogP contribution in [-0.2, 0) is 11.2 Å². The summed E-state index contributed by atoms with van der Waals surface area (Å²) in [6, 6.07) is 4.52. The molecule has 0 fully saturated rings. The molecule has 0 spiro atoms. The number of nitrogen functional groups attached to an aromatic ring is 1. The number of nitrogens with two attached hydrogens (primary N) is 1. The number of nitrogens with zero attached hydrogens (tertiary/aromatic N) is 1. The third-order valence-electron chi connectivity index (χ3n) is 4.02. The van der Waals surface area contributed by atoms with Gasteiger partial charge in [0, 0.05) is 25.2 Å². The predicted molar refractivity (Wildman–Crippen MR) is 80.6 cm³/mol. The Hall–Kier alpha value is -1.71. The number of nitrogens with one attached hydrogen (secondary N) is 1. The van der Waals surface area contributed by atoms with Gasteiger partial charge in [-0.15, -0.1) is 0 Å². The van der Waals surface area contributed by atoms with Gasteiger partial charge in [-0.25, -0.2) is 0 Å². The number of carbonyl (C=O) groups excluding carboxylic acids is 1. The van der Waals surface area contributed by atoms with E-state index >= 15 is 0 Å². The molecule has 19 heavy (non-hydrogen) atoms. The molecule has 0 radical (unpaired) electrons. The van der Waals surface area contributed by atoms with E-state index < -0.39 is 0 Å². The number of fused-ring (bicyclic) bond motifs is 1. The fraction of sp³-hybridized carbons (Fsp3) is 0.533. The highest BCUT2D eigenvalue weighted by Crippen LogP contribution is 2.34. The van der Waals surface area contributed by atoms with E-state index in [1.165, 1.54) is 5.56 Å². The largest absolute Gasteiger partial charge is 0.397 e. The van der Waals surface area contributed by atoms with Gasteiger partial charge >= 0.3 is 0 Å². The molecule has 4 nitrogen and oxygen atoms in total. The van der Waals surface area contributed by atoms with E-state index in [-0.39, 0.29) is 5.91 Å². The Kier molecular flexibility index (Phi) is 3.98. The van der Waals surface area contributed by atoms with Gasteiger partial charge in [0.25, 0.3) is 0 Å². The monoisotopic (exact) mass is 261 g/mol. The van der Waals surface area contributed by atoms with Crippen molar-refractivity contribution >= 4 is 23.0 Å². The molecule has 0 aliphatic carbocycles. The molecule has 4 heteroatoms. The molecule has 0 unspecified atom stereocenters. The van der Waals surface area contributed by atoms with Crippen LogP contribution in [0.15, 0.2) is 12.1 Å². The lowest BCUT2D eigenvalue weighted by atomic mass is 10.00. The van der Waals surface area contributed by atoms with E-state index in [0.717, 1.165) is 36.3 Å². The van der Waals surface area contributed by atoms with Gasteiger partial charge in [0.1, 0.15) is 0 Å². The number of carbonyl (C=O) groups is 1. The van der Waals surface area contributed by atoms with Gasteiger partial charge in [-0.1, -0.05) is 13.8 Å². The summed E-state index contributed by atoms with van der Waals surface area (Å²) in [5.74, 6) is 0.0768. The van der Waals surface area contributed by atoms with Crippen molar-refractivity contribution in [2.75, 3.05) is 23.0 Å². The van der Waals surface area contributed by atoms with E-state index in [1.807, 2.05) is 6.07 Å². The Balaban J connectivity index is 2.34. The number of hydrogen-bond donors (Lipinski definition) is 2. The summed E-state index contributed by atoms with van der Waals surface area (Å²) in [7, 11) is 2.09. The van der Waals surface area contributed by atoms with Crippen LogP contribution in [-0.4, -0.2) is 19.0 Å². The van der Waals surface area contributed by atoms with Crippen molar-refractivity contribution in [3.8, 4) is 0 Å². The molecule has 2 rings (SSSR count). The van der Waals surface area contributed by atoms with Crippen LogP contribution in [0.4, 0.5) is 17.1 Å². The zero-order chi connectivity index (χ0) is 14.0. The standard InChI is InChI=1S/C15H23N3O/c1-4-11(5-2)18(3)14-8-10-6-7-15(19)17-13(10)9-12(14)16/h8-9,11H,4-7,16H2,1-3H3,(H,17,19). The predicted octanol–water partition coefficient (Wildman–Crippen LogP) is 2.78. The van der Waals surface area contributed by atoms with Crippen LogP contribution in [0.25, 0.3) is 0 Å². The maximum absolute atomic E-state index is 11.4. The number of hydrogen-bond acceptors (Lipinski definition) is 3. The van der Waals surface area contributed by atoms with Gasteiger partial charge in [-0.3, -0.25) is 4.79 Å². The van der Waals surface area contributed by atoms with Crippen molar-refractivity contribution in [2.24, 2.45) is 0 Å². The van der Waals surface area contributed by atoms with Crippen molar-refractivity contribution < 1.29 is 4.79 Å². The topological polar surface area (TPSA) is 58.4 Å². The molecular weight excluding hydrogens is 238 g/mol. The lowest BCUT2D eigenvalue weighted by Crippen LogP contribution is -2.31. The highest BCUT2D eigenvalue weighted by Gasteiger charge is 2.20. The first-order valence-corrected chi connectivity index (χ1v) is 7.01. The smallest absolute Gasteiger partial charge is 0.224 e. The number of aryl methyl sites for hydroxylation is 1. The van der Waals surface area contributed by atoms with E-state index in [0.29, 0.717) is 12.5 Å². The lowest BCUT2D eigenvalue weighted by Gasteiger charge is -2.31. The normalized spacial score (nSPS) is 14.2. The first-order valence-electron chi connectivity index (χ1n) is 7.01. The van der Waals surface area contributed by atoms with E-state index in [9.17, 15) is 4.79 Å². The van der Waals surface area contributed by atoms with Gasteiger partial charge < -0.3 is 16.0 Å². The molecule has 1 aromatic rings. The maximum Gasteiger partial charge on any atom is 0.224 e. The van der Waals surface area contributed by atoms with Crippen LogP contribution < -0.4 is 16.0 Å². The highest BCUT2D eigenvalue weighted by molar-refractivity contribution is 5.95. The molecule has 1 amide bonds. The molecule has 1 aromatic carbocycles. The van der Waals surface area contributed by atoms with E-state index in [4.69, 9.17) is 5.73 Å². The van der Waals surface area contributed by atoms with Crippen LogP contribution >= 0.6 is 0 Å². The zero-order valence-corrected chi connectivity index (χ0v) is 12.0. The van der Waals surface area contributed by atoms with Crippen molar-refractivity contribution in [3.05, 3.63) is 17.7 Å². The van der Waals surface area contributed by atoms with E-state index in [1.54, 1.807) is 0 Å². The van der Waals surface area contributed by atoms with Crippen molar-refractivity contribution in [1.29, 1.82) is 0 Å². The first-order chi connectivity index (χ1) is 9.06. The highest BCUT2D eigenvalue weighted by atomic mass is 16.1. The van der Waals surface area contributed by atoms with Crippen molar-refractivity contribution in [3.63, 3.8) is 0 Å². The van der Waals surface area contributed by atoms with Gasteiger partial charge in [0.15, 0.2) is 0 Å². The minimum Gasteiger partial charge on any atom is -0.397 e. The van der Waals surface area contributed by atoms with Crippen LogP contribution in [0.1, 0.15) is 38.7 Å². The van der Waals surface area contributed by atoms with Gasteiger partial charge in [0.2, 0.25) is 5.91 Å². The van der Waals surface area contributed by atoms with Crippen molar-refractivity contribution in [1.82, 2.24) is 0 Å². The minimum absolute atomic E-state index is 0.0768. The molecule has 1 heterocycles. The second kappa shape index (κ2) is 5.51. The Labute approximate surface area is 115 Å². The lowest BCUT2D eigenvalue weighted by molar-refractivity contribution is -0.116. The summed E-state index contributed by atoms with van der Waals surface area (Å²) in [4.78, 5) is 13.7. The molecule has 3 N–H and O–H groups in total. The molecule has 0 saturated carbocycles. The zero-order valence-electron chi connectivity index (χ0n) is 12.0. The molecule has 1 aliphatic heterocycles. The van der Waals surface area contributed by atoms with Gasteiger partial charge in [-0.2, -0.15) is 0 Å². The molecule has 0 atom stereocenters. The fourth-order valence-electron chi connectivity index (χ4n) is 2.77. The molecule has 1 aliphatic rings. The molecule has 0 aromatic heterocycles. The van der Waals surface area contributed by atoms with E-state index in [2.05, 4.69) is 37.2 Å². The maximum atomic E-state index is 11.4. The third kappa shape index (κ3) is 2.67. The van der Waals surface area contributed by atoms with Crippen LogP contribution in [0, 0.1) is 0 Å². The van der Waals surface area contributed by atoms with Gasteiger partial charge in [0.05, 0.1) is 11.4 Å². The molecule has 0 bridgehead atoms. The summed E-state index contributed by atoms with van der Waals surface area (Å²) in [6.45, 7) is 4.39. The molecule has 0 saturated heterocycles. The average molecular weight is 261 g/mol. The second-order valence-corrected chi connectivity index (χ2v) is 5.20. The summed E-state index contributed by atoms with van der Waals surface area (Å²) in [5, 5.41) is 2.89.